The van der Waals surface area contributed by atoms with Crippen molar-refractivity contribution in [2.45, 2.75) is 53.1 Å². The molecule has 2 rings (SSSR count). The molecular weight excluding hydrogens is 300 g/mol. The minimum atomic E-state index is -0.0696. The molecule has 128 valence electrons. The molecule has 2 aromatic carbocycles. The molecule has 0 atom stereocenters. The molecule has 24 heavy (non-hydrogen) atoms. The third kappa shape index (κ3) is 4.38. The number of ether oxygens (including phenoxy) is 1. The maximum absolute atomic E-state index is 12.2. The number of carbonyl (C=O) groups excluding carboxylic acids is 1. The van der Waals surface area contributed by atoms with Gasteiger partial charge in [-0.3, -0.25) is 4.79 Å². The second kappa shape index (κ2) is 8.53. The average molecular weight is 326 g/mol. The predicted molar refractivity (Wildman–Crippen MR) is 96.9 cm³/mol. The quantitative estimate of drug-likeness (QED) is 0.535. The zero-order valence-electron chi connectivity index (χ0n) is 14.8. The monoisotopic (exact) mass is 326 g/mol. The predicted octanol–water partition coefficient (Wildman–Crippen LogP) is 5.21. The molecular formula is C21H26O3. The van der Waals surface area contributed by atoms with E-state index in [9.17, 15) is 9.90 Å². The number of Topliss-reactive ketones (excluding diaryl/α,β-unsaturated/α-hetero) is 1. The van der Waals surface area contributed by atoms with E-state index in [2.05, 4.69) is 6.92 Å². The second-order valence-corrected chi connectivity index (χ2v) is 6.18. The molecule has 3 heteroatoms. The van der Waals surface area contributed by atoms with Crippen LogP contribution in [0.1, 0.15) is 60.2 Å². The number of aromatic hydroxyl groups is 1. The first kappa shape index (κ1) is 18.1. The summed E-state index contributed by atoms with van der Waals surface area (Å²) in [6, 6.07) is 11.6. The van der Waals surface area contributed by atoms with E-state index in [0.717, 1.165) is 36.0 Å². The third-order valence-electron chi connectivity index (χ3n) is 4.17. The van der Waals surface area contributed by atoms with Gasteiger partial charge in [-0.1, -0.05) is 50.1 Å². The summed E-state index contributed by atoms with van der Waals surface area (Å²) < 4.78 is 5.94. The standard InChI is InChI=1S/C21H26O3/c1-4-5-7-12-18-20(16(3)22)19(13-15(2)21(18)23)24-14-17-10-8-6-9-11-17/h6,8-11,13,23H,4-5,7,12,14H2,1-3H3. The fraction of sp³-hybridized carbons (Fsp3) is 0.381. The van der Waals surface area contributed by atoms with Gasteiger partial charge in [0.25, 0.3) is 0 Å². The second-order valence-electron chi connectivity index (χ2n) is 6.18. The maximum atomic E-state index is 12.2. The van der Waals surface area contributed by atoms with E-state index in [1.165, 1.54) is 6.92 Å². The van der Waals surface area contributed by atoms with Gasteiger partial charge in [-0.25, -0.2) is 0 Å². The van der Waals surface area contributed by atoms with E-state index in [1.807, 2.05) is 37.3 Å². The Hall–Kier alpha value is -2.29. The molecule has 2 aromatic rings. The molecule has 0 spiro atoms. The SMILES string of the molecule is CCCCCc1c(O)c(C)cc(OCc2ccccc2)c1C(C)=O. The molecule has 0 aliphatic rings. The Morgan fingerprint density at radius 1 is 1.17 bits per heavy atom. The highest BCUT2D eigenvalue weighted by Crippen LogP contribution is 2.35. The van der Waals surface area contributed by atoms with Crippen molar-refractivity contribution in [1.29, 1.82) is 0 Å². The summed E-state index contributed by atoms with van der Waals surface area (Å²) in [4.78, 5) is 12.2. The van der Waals surface area contributed by atoms with E-state index >= 15 is 0 Å². The fourth-order valence-electron chi connectivity index (χ4n) is 2.87. The molecule has 0 amide bonds. The Morgan fingerprint density at radius 2 is 1.88 bits per heavy atom. The Kier molecular flexibility index (Phi) is 6.42. The molecule has 0 saturated carbocycles. The van der Waals surface area contributed by atoms with E-state index in [1.54, 1.807) is 6.07 Å². The number of hydrogen-bond donors (Lipinski definition) is 1. The van der Waals surface area contributed by atoms with E-state index < -0.39 is 0 Å². The van der Waals surface area contributed by atoms with Gasteiger partial charge in [0.15, 0.2) is 5.78 Å². The summed E-state index contributed by atoms with van der Waals surface area (Å²) in [5, 5.41) is 10.4. The van der Waals surface area contributed by atoms with Crippen LogP contribution >= 0.6 is 0 Å². The Labute approximate surface area is 144 Å². The minimum Gasteiger partial charge on any atom is -0.507 e. The van der Waals surface area contributed by atoms with Crippen LogP contribution < -0.4 is 4.74 Å². The van der Waals surface area contributed by atoms with Crippen molar-refractivity contribution in [3.05, 3.63) is 58.7 Å². The van der Waals surface area contributed by atoms with E-state index in [0.29, 0.717) is 24.3 Å². The summed E-state index contributed by atoms with van der Waals surface area (Å²) in [5.74, 6) is 0.719. The number of carbonyl (C=O) groups is 1. The van der Waals surface area contributed by atoms with Crippen LogP contribution in [-0.4, -0.2) is 10.9 Å². The molecule has 0 aliphatic heterocycles. The Balaban J connectivity index is 2.33. The van der Waals surface area contributed by atoms with E-state index in [4.69, 9.17) is 4.74 Å². The molecule has 0 bridgehead atoms. The highest BCUT2D eigenvalue weighted by molar-refractivity contribution is 5.99. The van der Waals surface area contributed by atoms with Gasteiger partial charge in [-0.15, -0.1) is 0 Å². The van der Waals surface area contributed by atoms with Crippen molar-refractivity contribution in [2.24, 2.45) is 0 Å². The van der Waals surface area contributed by atoms with Gasteiger partial charge in [-0.05, 0) is 43.9 Å². The number of aryl methyl sites for hydroxylation is 1. The van der Waals surface area contributed by atoms with Gasteiger partial charge in [-0.2, -0.15) is 0 Å². The summed E-state index contributed by atoms with van der Waals surface area (Å²) >= 11 is 0. The smallest absolute Gasteiger partial charge is 0.163 e. The van der Waals surface area contributed by atoms with Crippen molar-refractivity contribution < 1.29 is 14.6 Å². The lowest BCUT2D eigenvalue weighted by Crippen LogP contribution is -2.07. The third-order valence-corrected chi connectivity index (χ3v) is 4.17. The van der Waals surface area contributed by atoms with Gasteiger partial charge in [0, 0.05) is 5.56 Å². The number of phenolic OH excluding ortho intramolecular Hbond substituents is 1. The van der Waals surface area contributed by atoms with Gasteiger partial charge >= 0.3 is 0 Å². The summed E-state index contributed by atoms with van der Waals surface area (Å²) in [7, 11) is 0. The number of ketones is 1. The number of unbranched alkanes of at least 4 members (excludes halogenated alkanes) is 2. The van der Waals surface area contributed by atoms with Crippen molar-refractivity contribution in [2.75, 3.05) is 0 Å². The van der Waals surface area contributed by atoms with Crippen LogP contribution in [0, 0.1) is 6.92 Å². The minimum absolute atomic E-state index is 0.0696. The normalized spacial score (nSPS) is 10.6. The first-order chi connectivity index (χ1) is 11.5. The van der Waals surface area contributed by atoms with Crippen molar-refractivity contribution in [3.63, 3.8) is 0 Å². The molecule has 0 aromatic heterocycles. The van der Waals surface area contributed by atoms with Gasteiger partial charge in [0.1, 0.15) is 18.1 Å². The topological polar surface area (TPSA) is 46.5 Å². The molecule has 0 fully saturated rings. The van der Waals surface area contributed by atoms with Crippen LogP contribution in [0.15, 0.2) is 36.4 Å². The van der Waals surface area contributed by atoms with Crippen LogP contribution in [0.5, 0.6) is 11.5 Å². The lowest BCUT2D eigenvalue weighted by molar-refractivity contribution is 0.101. The summed E-state index contributed by atoms with van der Waals surface area (Å²) in [5.41, 5.74) is 3.03. The van der Waals surface area contributed by atoms with Crippen LogP contribution in [0.2, 0.25) is 0 Å². The fourth-order valence-corrected chi connectivity index (χ4v) is 2.87. The maximum Gasteiger partial charge on any atom is 0.163 e. The molecule has 0 saturated heterocycles. The summed E-state index contributed by atoms with van der Waals surface area (Å²) in [6.07, 6.45) is 3.81. The van der Waals surface area contributed by atoms with Crippen LogP contribution in [-0.2, 0) is 13.0 Å². The van der Waals surface area contributed by atoms with Gasteiger partial charge in [0.2, 0.25) is 0 Å². The first-order valence-electron chi connectivity index (χ1n) is 8.57. The average Bonchev–Trinajstić information content (AvgIpc) is 2.57. The van der Waals surface area contributed by atoms with Crippen LogP contribution in [0.4, 0.5) is 0 Å². The Bertz CT molecular complexity index is 690. The van der Waals surface area contributed by atoms with E-state index in [-0.39, 0.29) is 11.5 Å². The molecule has 3 nitrogen and oxygen atoms in total. The van der Waals surface area contributed by atoms with Crippen molar-refractivity contribution in [3.8, 4) is 11.5 Å². The number of hydrogen-bond acceptors (Lipinski definition) is 3. The highest BCUT2D eigenvalue weighted by atomic mass is 16.5. The summed E-state index contributed by atoms with van der Waals surface area (Å²) in [6.45, 7) is 5.91. The van der Waals surface area contributed by atoms with Gasteiger partial charge in [0.05, 0.1) is 5.56 Å². The number of rotatable bonds is 8. The number of phenols is 1. The largest absolute Gasteiger partial charge is 0.507 e. The zero-order chi connectivity index (χ0) is 17.5. The Morgan fingerprint density at radius 3 is 2.50 bits per heavy atom. The van der Waals surface area contributed by atoms with Crippen molar-refractivity contribution >= 4 is 5.78 Å². The lowest BCUT2D eigenvalue weighted by atomic mass is 9.94. The highest BCUT2D eigenvalue weighted by Gasteiger charge is 2.20. The van der Waals surface area contributed by atoms with Gasteiger partial charge < -0.3 is 9.84 Å². The number of benzene rings is 2. The molecule has 0 heterocycles. The van der Waals surface area contributed by atoms with Crippen molar-refractivity contribution in [1.82, 2.24) is 0 Å². The first-order valence-corrected chi connectivity index (χ1v) is 8.57. The van der Waals surface area contributed by atoms with Crippen LogP contribution in [0.3, 0.4) is 0 Å². The lowest BCUT2D eigenvalue weighted by Gasteiger charge is -2.17. The zero-order valence-corrected chi connectivity index (χ0v) is 14.8. The molecule has 1 N–H and O–H groups in total. The van der Waals surface area contributed by atoms with Crippen LogP contribution in [0.25, 0.3) is 0 Å². The molecule has 0 aliphatic carbocycles. The molecule has 0 unspecified atom stereocenters. The molecule has 0 radical (unpaired) electrons.